The van der Waals surface area contributed by atoms with E-state index < -0.39 is 0 Å². The number of halogens is 2. The number of anilines is 3. The van der Waals surface area contributed by atoms with Crippen molar-refractivity contribution in [2.75, 3.05) is 29.6 Å². The molecule has 0 aliphatic heterocycles. The van der Waals surface area contributed by atoms with Gasteiger partial charge in [-0.3, -0.25) is 0 Å². The fourth-order valence-electron chi connectivity index (χ4n) is 4.13. The molecule has 3 N–H and O–H groups in total. The monoisotopic (exact) mass is 531 g/mol. The van der Waals surface area contributed by atoms with Gasteiger partial charge in [0.25, 0.3) is 0 Å². The average molecular weight is 533 g/mol. The third kappa shape index (κ3) is 5.63. The summed E-state index contributed by atoms with van der Waals surface area (Å²) in [5.41, 5.74) is 3.00. The van der Waals surface area contributed by atoms with E-state index in [4.69, 9.17) is 28.8 Å². The quantitative estimate of drug-likeness (QED) is 0.329. The number of fused-ring (bicyclic) bond motifs is 1. The van der Waals surface area contributed by atoms with E-state index in [0.717, 1.165) is 47.2 Å². The number of aromatic nitrogens is 1. The van der Waals surface area contributed by atoms with E-state index >= 15 is 0 Å². The number of hydrogen-bond acceptors (Lipinski definition) is 4. The minimum atomic E-state index is 0.351. The van der Waals surface area contributed by atoms with Gasteiger partial charge in [-0.15, -0.1) is 0 Å². The summed E-state index contributed by atoms with van der Waals surface area (Å²) < 4.78 is 0.941. The van der Waals surface area contributed by atoms with Gasteiger partial charge in [0.15, 0.2) is 5.11 Å². The maximum Gasteiger partial charge on any atom is 0.171 e. The van der Waals surface area contributed by atoms with Crippen LogP contribution >= 0.6 is 39.7 Å². The summed E-state index contributed by atoms with van der Waals surface area (Å²) >= 11 is 15.2. The van der Waals surface area contributed by atoms with Crippen molar-refractivity contribution >= 4 is 73.0 Å². The van der Waals surface area contributed by atoms with Crippen molar-refractivity contribution in [1.82, 2.24) is 10.3 Å². The molecule has 0 spiro atoms. The van der Waals surface area contributed by atoms with Crippen molar-refractivity contribution < 1.29 is 0 Å². The summed E-state index contributed by atoms with van der Waals surface area (Å²) in [4.78, 5) is 6.98. The van der Waals surface area contributed by atoms with Gasteiger partial charge in [0.2, 0.25) is 0 Å². The molecule has 5 nitrogen and oxygen atoms in total. The molecular weight excluding hydrogens is 506 g/mol. The Balaban J connectivity index is 1.32. The Morgan fingerprint density at radius 1 is 1.06 bits per heavy atom. The summed E-state index contributed by atoms with van der Waals surface area (Å²) in [6.45, 7) is 0. The number of pyridine rings is 1. The number of nitrogens with one attached hydrogen (secondary N) is 3. The van der Waals surface area contributed by atoms with Crippen LogP contribution < -0.4 is 20.9 Å². The van der Waals surface area contributed by atoms with Crippen LogP contribution in [0.15, 0.2) is 53.0 Å². The molecule has 1 aliphatic carbocycles. The molecule has 1 fully saturated rings. The topological polar surface area (TPSA) is 52.2 Å². The second kappa shape index (κ2) is 10.2. The van der Waals surface area contributed by atoms with Gasteiger partial charge in [0.1, 0.15) is 5.82 Å². The molecular formula is C24H27BrClN5S. The molecule has 0 saturated heterocycles. The van der Waals surface area contributed by atoms with E-state index in [0.29, 0.717) is 22.2 Å². The molecule has 0 bridgehead atoms. The van der Waals surface area contributed by atoms with E-state index in [2.05, 4.69) is 75.1 Å². The van der Waals surface area contributed by atoms with E-state index in [1.165, 1.54) is 11.1 Å². The zero-order chi connectivity index (χ0) is 22.7. The third-order valence-corrected chi connectivity index (χ3v) is 6.80. The van der Waals surface area contributed by atoms with Crippen molar-refractivity contribution in [3.05, 3.63) is 58.0 Å². The van der Waals surface area contributed by atoms with Crippen LogP contribution in [0.3, 0.4) is 0 Å². The lowest BCUT2D eigenvalue weighted by atomic mass is 9.91. The third-order valence-electron chi connectivity index (χ3n) is 5.77. The first kappa shape index (κ1) is 23.1. The van der Waals surface area contributed by atoms with Gasteiger partial charge in [-0.1, -0.05) is 45.7 Å². The zero-order valence-electron chi connectivity index (χ0n) is 18.2. The van der Waals surface area contributed by atoms with Crippen molar-refractivity contribution in [2.24, 2.45) is 0 Å². The predicted octanol–water partition coefficient (Wildman–Crippen LogP) is 6.43. The lowest BCUT2D eigenvalue weighted by Crippen LogP contribution is -2.42. The molecule has 1 aromatic heterocycles. The minimum Gasteiger partial charge on any atom is -0.377 e. The van der Waals surface area contributed by atoms with Crippen LogP contribution in [0.25, 0.3) is 10.9 Å². The standard InChI is InChI=1S/C24H27BrClN5S/c1-31(2)22-14-23(29-20-6-4-3-5-18(20)22)27-16-8-10-17(11-9-16)28-24(32)30-21-12-7-15(25)13-19(21)26/h3-7,12-14,16-17H,8-11H2,1-2H3,(H,27,29)(H2,28,30,32). The van der Waals surface area contributed by atoms with E-state index in [-0.39, 0.29) is 0 Å². The van der Waals surface area contributed by atoms with Crippen LogP contribution in [0.2, 0.25) is 5.02 Å². The van der Waals surface area contributed by atoms with E-state index in [9.17, 15) is 0 Å². The lowest BCUT2D eigenvalue weighted by molar-refractivity contribution is 0.388. The van der Waals surface area contributed by atoms with Gasteiger partial charge < -0.3 is 20.9 Å². The van der Waals surface area contributed by atoms with Crippen molar-refractivity contribution in [2.45, 2.75) is 37.8 Å². The SMILES string of the molecule is CN(C)c1cc(NC2CCC(NC(=S)Nc3ccc(Br)cc3Cl)CC2)nc2ccccc12. The zero-order valence-corrected chi connectivity index (χ0v) is 21.3. The molecule has 0 radical (unpaired) electrons. The highest BCUT2D eigenvalue weighted by molar-refractivity contribution is 9.10. The molecule has 3 aromatic rings. The molecule has 4 rings (SSSR count). The van der Waals surface area contributed by atoms with Crippen LogP contribution in [0.1, 0.15) is 25.7 Å². The fraction of sp³-hybridized carbons (Fsp3) is 0.333. The molecule has 2 aromatic carbocycles. The normalized spacial score (nSPS) is 18.2. The first-order chi connectivity index (χ1) is 15.4. The second-order valence-corrected chi connectivity index (χ2v) is 10.1. The molecule has 1 saturated carbocycles. The summed E-state index contributed by atoms with van der Waals surface area (Å²) in [5, 5.41) is 12.7. The van der Waals surface area contributed by atoms with E-state index in [1.54, 1.807) is 0 Å². The van der Waals surface area contributed by atoms with Gasteiger partial charge in [0, 0.05) is 47.8 Å². The van der Waals surface area contributed by atoms with Crippen LogP contribution in [0.5, 0.6) is 0 Å². The summed E-state index contributed by atoms with van der Waals surface area (Å²) in [6.07, 6.45) is 4.21. The number of benzene rings is 2. The highest BCUT2D eigenvalue weighted by atomic mass is 79.9. The first-order valence-corrected chi connectivity index (χ1v) is 12.3. The minimum absolute atomic E-state index is 0.351. The van der Waals surface area contributed by atoms with Gasteiger partial charge in [-0.25, -0.2) is 4.98 Å². The van der Waals surface area contributed by atoms with Crippen LogP contribution in [-0.4, -0.2) is 36.3 Å². The smallest absolute Gasteiger partial charge is 0.171 e. The Labute approximate surface area is 208 Å². The van der Waals surface area contributed by atoms with Gasteiger partial charge in [-0.05, 0) is 62.2 Å². The summed E-state index contributed by atoms with van der Waals surface area (Å²) in [5.74, 6) is 0.936. The Bertz CT molecular complexity index is 1110. The van der Waals surface area contributed by atoms with Crippen molar-refractivity contribution in [3.63, 3.8) is 0 Å². The van der Waals surface area contributed by atoms with Crippen LogP contribution in [0, 0.1) is 0 Å². The molecule has 1 aliphatic rings. The van der Waals surface area contributed by atoms with Gasteiger partial charge in [-0.2, -0.15) is 0 Å². The fourth-order valence-corrected chi connectivity index (χ4v) is 5.12. The Kier molecular flexibility index (Phi) is 7.38. The van der Waals surface area contributed by atoms with Crippen molar-refractivity contribution in [1.29, 1.82) is 0 Å². The predicted molar refractivity (Wildman–Crippen MR) is 144 cm³/mol. The molecule has 168 valence electrons. The van der Waals surface area contributed by atoms with Crippen molar-refractivity contribution in [3.8, 4) is 0 Å². The molecule has 0 atom stereocenters. The Morgan fingerprint density at radius 3 is 2.50 bits per heavy atom. The number of rotatable bonds is 5. The molecule has 1 heterocycles. The van der Waals surface area contributed by atoms with Crippen LogP contribution in [0.4, 0.5) is 17.2 Å². The van der Waals surface area contributed by atoms with Gasteiger partial charge in [0.05, 0.1) is 16.2 Å². The second-order valence-electron chi connectivity index (χ2n) is 8.35. The Morgan fingerprint density at radius 2 is 1.78 bits per heavy atom. The molecule has 32 heavy (non-hydrogen) atoms. The number of para-hydroxylation sites is 1. The maximum absolute atomic E-state index is 6.28. The maximum atomic E-state index is 6.28. The molecule has 0 unspecified atom stereocenters. The van der Waals surface area contributed by atoms with E-state index in [1.807, 2.05) is 24.3 Å². The Hall–Kier alpha value is -2.09. The number of thiocarbonyl (C=S) groups is 1. The van der Waals surface area contributed by atoms with Crippen LogP contribution in [-0.2, 0) is 0 Å². The summed E-state index contributed by atoms with van der Waals surface area (Å²) in [6, 6.07) is 16.9. The highest BCUT2D eigenvalue weighted by Crippen LogP contribution is 2.29. The average Bonchev–Trinajstić information content (AvgIpc) is 2.76. The summed E-state index contributed by atoms with van der Waals surface area (Å²) in [7, 11) is 4.14. The highest BCUT2D eigenvalue weighted by Gasteiger charge is 2.22. The number of hydrogen-bond donors (Lipinski definition) is 3. The lowest BCUT2D eigenvalue weighted by Gasteiger charge is -2.31. The largest absolute Gasteiger partial charge is 0.377 e. The van der Waals surface area contributed by atoms with Gasteiger partial charge >= 0.3 is 0 Å². The molecule has 0 amide bonds. The first-order valence-electron chi connectivity index (χ1n) is 10.8. The molecule has 8 heteroatoms. The number of nitrogens with zero attached hydrogens (tertiary/aromatic N) is 2.